The van der Waals surface area contributed by atoms with Crippen LogP contribution in [0.5, 0.6) is 0 Å². The second-order valence-corrected chi connectivity index (χ2v) is 10.5. The van der Waals surface area contributed by atoms with Gasteiger partial charge in [-0.3, -0.25) is 9.89 Å². The third kappa shape index (κ3) is 6.93. The predicted octanol–water partition coefficient (Wildman–Crippen LogP) is 2.98. The van der Waals surface area contributed by atoms with Crippen molar-refractivity contribution >= 4 is 29.9 Å². The smallest absolute Gasteiger partial charge is 0.191 e. The number of hydrogen-bond donors (Lipinski definition) is 2. The molecule has 0 amide bonds. The Balaban J connectivity index is 0.00000272. The highest BCUT2D eigenvalue weighted by atomic mass is 127. The molecule has 0 aromatic heterocycles. The zero-order valence-corrected chi connectivity index (χ0v) is 22.4. The molecule has 180 valence electrons. The van der Waals surface area contributed by atoms with Gasteiger partial charge in [0.25, 0.3) is 0 Å². The molecule has 0 spiro atoms. The maximum Gasteiger partial charge on any atom is 0.191 e. The Morgan fingerprint density at radius 2 is 1.65 bits per heavy atom. The Labute approximate surface area is 208 Å². The topological polar surface area (TPSA) is 46.1 Å². The van der Waals surface area contributed by atoms with Gasteiger partial charge in [-0.25, -0.2) is 0 Å². The van der Waals surface area contributed by atoms with E-state index >= 15 is 0 Å². The first-order chi connectivity index (χ1) is 14.7. The lowest BCUT2D eigenvalue weighted by molar-refractivity contribution is 0.0173. The third-order valence-corrected chi connectivity index (χ3v) is 8.36. The molecule has 7 heteroatoms. The molecule has 4 aliphatic rings. The van der Waals surface area contributed by atoms with Gasteiger partial charge in [-0.05, 0) is 84.1 Å². The molecule has 0 bridgehead atoms. The van der Waals surface area contributed by atoms with Gasteiger partial charge in [0.15, 0.2) is 5.96 Å². The van der Waals surface area contributed by atoms with E-state index in [1.165, 1.54) is 110 Å². The fourth-order valence-corrected chi connectivity index (χ4v) is 6.32. The van der Waals surface area contributed by atoms with Crippen LogP contribution >= 0.6 is 24.0 Å². The van der Waals surface area contributed by atoms with E-state index in [2.05, 4.69) is 37.4 Å². The van der Waals surface area contributed by atoms with E-state index in [4.69, 9.17) is 0 Å². The lowest BCUT2D eigenvalue weighted by Gasteiger charge is -2.50. The highest BCUT2D eigenvalue weighted by molar-refractivity contribution is 14.0. The van der Waals surface area contributed by atoms with Gasteiger partial charge in [-0.15, -0.1) is 24.0 Å². The van der Waals surface area contributed by atoms with E-state index in [0.717, 1.165) is 18.4 Å². The SMILES string of the molecule is CN=C(NCC1(N2CCCCC2)CCN(C)CC1)NC1CCN(CC2CCCC2)C1.I. The van der Waals surface area contributed by atoms with E-state index in [1.807, 2.05) is 7.05 Å². The number of nitrogens with zero attached hydrogens (tertiary/aromatic N) is 4. The monoisotopic (exact) mass is 546 g/mol. The van der Waals surface area contributed by atoms with Crippen LogP contribution in [0.2, 0.25) is 0 Å². The summed E-state index contributed by atoms with van der Waals surface area (Å²) in [6.07, 6.45) is 13.7. The first kappa shape index (κ1) is 25.5. The molecule has 3 saturated heterocycles. The van der Waals surface area contributed by atoms with E-state index < -0.39 is 0 Å². The number of hydrogen-bond acceptors (Lipinski definition) is 4. The van der Waals surface area contributed by atoms with Crippen LogP contribution in [-0.2, 0) is 0 Å². The minimum absolute atomic E-state index is 0. The van der Waals surface area contributed by atoms with Crippen molar-refractivity contribution in [3.8, 4) is 0 Å². The van der Waals surface area contributed by atoms with Crippen molar-refractivity contribution in [3.63, 3.8) is 0 Å². The molecular formula is C24H47IN6. The Morgan fingerprint density at radius 1 is 0.935 bits per heavy atom. The quantitative estimate of drug-likeness (QED) is 0.305. The largest absolute Gasteiger partial charge is 0.355 e. The molecule has 6 nitrogen and oxygen atoms in total. The lowest BCUT2D eigenvalue weighted by atomic mass is 9.84. The van der Waals surface area contributed by atoms with E-state index in [1.54, 1.807) is 0 Å². The average molecular weight is 547 g/mol. The van der Waals surface area contributed by atoms with Gasteiger partial charge >= 0.3 is 0 Å². The van der Waals surface area contributed by atoms with Crippen LogP contribution in [-0.4, -0.2) is 98.7 Å². The van der Waals surface area contributed by atoms with Crippen LogP contribution < -0.4 is 10.6 Å². The number of aliphatic imine (C=N–C) groups is 1. The van der Waals surface area contributed by atoms with Gasteiger partial charge in [0.1, 0.15) is 0 Å². The summed E-state index contributed by atoms with van der Waals surface area (Å²) in [5.41, 5.74) is 0.300. The number of likely N-dealkylation sites (tertiary alicyclic amines) is 3. The van der Waals surface area contributed by atoms with E-state index in [-0.39, 0.29) is 24.0 Å². The number of piperidine rings is 2. The zero-order chi connectivity index (χ0) is 20.8. The molecule has 4 fully saturated rings. The summed E-state index contributed by atoms with van der Waals surface area (Å²) >= 11 is 0. The second kappa shape index (κ2) is 12.4. The maximum absolute atomic E-state index is 4.60. The fourth-order valence-electron chi connectivity index (χ4n) is 6.32. The minimum atomic E-state index is 0. The average Bonchev–Trinajstić information content (AvgIpc) is 3.45. The second-order valence-electron chi connectivity index (χ2n) is 10.5. The summed E-state index contributed by atoms with van der Waals surface area (Å²) in [4.78, 5) is 12.6. The standard InChI is InChI=1S/C24H46N6.HI/c1-25-23(27-22-10-15-29(19-22)18-21-8-4-5-9-21)26-20-24(11-16-28(2)17-12-24)30-13-6-3-7-14-30;/h21-22H,3-20H2,1-2H3,(H2,25,26,27);1H. The van der Waals surface area contributed by atoms with Gasteiger partial charge in [0.2, 0.25) is 0 Å². The summed E-state index contributed by atoms with van der Waals surface area (Å²) in [5, 5.41) is 7.52. The van der Waals surface area contributed by atoms with Crippen molar-refractivity contribution in [2.45, 2.75) is 75.8 Å². The Kier molecular flexibility index (Phi) is 10.2. The Bertz CT molecular complexity index is 550. The number of guanidine groups is 1. The van der Waals surface area contributed by atoms with Crippen LogP contribution in [0.15, 0.2) is 4.99 Å². The third-order valence-electron chi connectivity index (χ3n) is 8.36. The summed E-state index contributed by atoms with van der Waals surface area (Å²) in [7, 11) is 4.20. The van der Waals surface area contributed by atoms with Crippen LogP contribution in [0.3, 0.4) is 0 Å². The minimum Gasteiger partial charge on any atom is -0.355 e. The molecule has 2 N–H and O–H groups in total. The highest BCUT2D eigenvalue weighted by Gasteiger charge is 2.39. The van der Waals surface area contributed by atoms with Crippen molar-refractivity contribution in [2.24, 2.45) is 10.9 Å². The lowest BCUT2D eigenvalue weighted by Crippen LogP contribution is -2.62. The van der Waals surface area contributed by atoms with Crippen molar-refractivity contribution in [1.82, 2.24) is 25.3 Å². The number of nitrogens with one attached hydrogen (secondary N) is 2. The van der Waals surface area contributed by atoms with Gasteiger partial charge in [-0.2, -0.15) is 0 Å². The molecule has 1 atom stereocenters. The molecule has 1 unspecified atom stereocenters. The normalized spacial score (nSPS) is 29.1. The van der Waals surface area contributed by atoms with Crippen molar-refractivity contribution in [3.05, 3.63) is 0 Å². The zero-order valence-electron chi connectivity index (χ0n) is 20.1. The molecule has 0 radical (unpaired) electrons. The van der Waals surface area contributed by atoms with Crippen molar-refractivity contribution < 1.29 is 0 Å². The van der Waals surface area contributed by atoms with E-state index in [9.17, 15) is 0 Å². The van der Waals surface area contributed by atoms with E-state index in [0.29, 0.717) is 11.6 Å². The van der Waals surface area contributed by atoms with Crippen LogP contribution in [0.4, 0.5) is 0 Å². The van der Waals surface area contributed by atoms with Crippen molar-refractivity contribution in [1.29, 1.82) is 0 Å². The molecule has 3 heterocycles. The summed E-state index contributed by atoms with van der Waals surface area (Å²) in [5.74, 6) is 1.97. The van der Waals surface area contributed by atoms with Gasteiger partial charge in [-0.1, -0.05) is 19.3 Å². The molecule has 0 aromatic rings. The Morgan fingerprint density at radius 3 is 2.32 bits per heavy atom. The molecule has 1 saturated carbocycles. The summed E-state index contributed by atoms with van der Waals surface area (Å²) < 4.78 is 0. The van der Waals surface area contributed by atoms with Crippen LogP contribution in [0, 0.1) is 5.92 Å². The molecule has 4 rings (SSSR count). The predicted molar refractivity (Wildman–Crippen MR) is 142 cm³/mol. The van der Waals surface area contributed by atoms with Gasteiger partial charge in [0.05, 0.1) is 0 Å². The first-order valence-corrected chi connectivity index (χ1v) is 12.8. The highest BCUT2D eigenvalue weighted by Crippen LogP contribution is 2.31. The van der Waals surface area contributed by atoms with Crippen LogP contribution in [0.1, 0.15) is 64.2 Å². The number of rotatable bonds is 6. The molecule has 0 aromatic carbocycles. The molecule has 3 aliphatic heterocycles. The molecule has 1 aliphatic carbocycles. The number of halogens is 1. The van der Waals surface area contributed by atoms with Crippen LogP contribution in [0.25, 0.3) is 0 Å². The fraction of sp³-hybridized carbons (Fsp3) is 0.958. The molecule has 31 heavy (non-hydrogen) atoms. The maximum atomic E-state index is 4.60. The molecular weight excluding hydrogens is 499 g/mol. The Hall–Kier alpha value is -0.120. The summed E-state index contributed by atoms with van der Waals surface area (Å²) in [6.45, 7) is 9.74. The van der Waals surface area contributed by atoms with Crippen molar-refractivity contribution in [2.75, 3.05) is 66.5 Å². The summed E-state index contributed by atoms with van der Waals surface area (Å²) in [6, 6.07) is 0.543. The first-order valence-electron chi connectivity index (χ1n) is 12.8. The van der Waals surface area contributed by atoms with Gasteiger partial charge < -0.3 is 20.4 Å². The van der Waals surface area contributed by atoms with Gasteiger partial charge in [0, 0.05) is 44.8 Å².